The molecule has 5 nitrogen and oxygen atoms in total. The van der Waals surface area contributed by atoms with Crippen LogP contribution >= 0.6 is 0 Å². The van der Waals surface area contributed by atoms with E-state index in [1.165, 1.54) is 0 Å². The number of carbonyl (C=O) groups is 1. The van der Waals surface area contributed by atoms with Gasteiger partial charge in [0, 0.05) is 19.0 Å². The molecule has 0 amide bonds. The molecule has 1 aromatic heterocycles. The van der Waals surface area contributed by atoms with Crippen LogP contribution in [0.4, 0.5) is 0 Å². The van der Waals surface area contributed by atoms with Crippen molar-refractivity contribution in [1.29, 1.82) is 0 Å². The van der Waals surface area contributed by atoms with Crippen LogP contribution in [-0.4, -0.2) is 22.4 Å². The van der Waals surface area contributed by atoms with E-state index in [0.717, 1.165) is 22.6 Å². The number of fused-ring (bicyclic) bond motifs is 1. The summed E-state index contributed by atoms with van der Waals surface area (Å²) in [5, 5.41) is 0. The van der Waals surface area contributed by atoms with E-state index in [-0.39, 0.29) is 11.8 Å². The third-order valence-electron chi connectivity index (χ3n) is 3.08. The number of aromatic nitrogens is 2. The number of nitrogens with two attached hydrogens (primary N) is 1. The summed E-state index contributed by atoms with van der Waals surface area (Å²) in [6.07, 6.45) is 0.483. The molecule has 0 aliphatic rings. The van der Waals surface area contributed by atoms with Gasteiger partial charge in [-0.25, -0.2) is 4.98 Å². The second-order valence-corrected chi connectivity index (χ2v) is 4.72. The van der Waals surface area contributed by atoms with E-state index in [1.54, 1.807) is 14.0 Å². The highest BCUT2D eigenvalue weighted by Crippen LogP contribution is 2.24. The average Bonchev–Trinajstić information content (AvgIpc) is 2.73. The van der Waals surface area contributed by atoms with E-state index >= 15 is 0 Å². The number of benzene rings is 1. The Morgan fingerprint density at radius 1 is 1.53 bits per heavy atom. The lowest BCUT2D eigenvalue weighted by Crippen LogP contribution is -2.14. The molecule has 1 atom stereocenters. The van der Waals surface area contributed by atoms with Gasteiger partial charge in [-0.15, -0.1) is 0 Å². The number of ether oxygens (including phenoxy) is 1. The van der Waals surface area contributed by atoms with E-state index in [1.807, 2.05) is 29.7 Å². The van der Waals surface area contributed by atoms with Crippen molar-refractivity contribution < 1.29 is 9.53 Å². The van der Waals surface area contributed by atoms with Crippen molar-refractivity contribution >= 4 is 16.8 Å². The van der Waals surface area contributed by atoms with Gasteiger partial charge < -0.3 is 15.0 Å². The maximum atomic E-state index is 11.2. The average molecular weight is 261 g/mol. The number of imidazole rings is 1. The van der Waals surface area contributed by atoms with Gasteiger partial charge in [-0.05, 0) is 26.0 Å². The predicted octanol–water partition coefficient (Wildman–Crippen LogP) is 2.04. The molecule has 1 aromatic carbocycles. The van der Waals surface area contributed by atoms with Crippen molar-refractivity contribution in [2.75, 3.05) is 7.11 Å². The smallest absolute Gasteiger partial charge is 0.131 e. The fourth-order valence-corrected chi connectivity index (χ4v) is 2.11. The Kier molecular flexibility index (Phi) is 3.85. The number of ketones is 1. The second kappa shape index (κ2) is 5.40. The molecular weight excluding hydrogens is 242 g/mol. The van der Waals surface area contributed by atoms with Crippen molar-refractivity contribution in [3.63, 3.8) is 0 Å². The van der Waals surface area contributed by atoms with Crippen LogP contribution in [0.3, 0.4) is 0 Å². The van der Waals surface area contributed by atoms with Crippen LogP contribution in [0.25, 0.3) is 11.0 Å². The summed E-state index contributed by atoms with van der Waals surface area (Å²) in [4.78, 5) is 15.7. The van der Waals surface area contributed by atoms with Gasteiger partial charge in [-0.2, -0.15) is 0 Å². The number of hydrogen-bond donors (Lipinski definition) is 1. The molecular formula is C14H19N3O2. The quantitative estimate of drug-likeness (QED) is 0.894. The monoisotopic (exact) mass is 261 g/mol. The Bertz CT molecular complexity index is 602. The summed E-state index contributed by atoms with van der Waals surface area (Å²) >= 11 is 0. The minimum atomic E-state index is -0.176. The molecule has 5 heteroatoms. The number of rotatable bonds is 5. The molecule has 0 saturated carbocycles. The Hall–Kier alpha value is -1.88. The largest absolute Gasteiger partial charge is 0.497 e. The third-order valence-corrected chi connectivity index (χ3v) is 3.08. The Morgan fingerprint density at radius 2 is 2.26 bits per heavy atom. The summed E-state index contributed by atoms with van der Waals surface area (Å²) in [7, 11) is 1.63. The number of carbonyl (C=O) groups excluding carboxylic acids is 1. The molecule has 0 spiro atoms. The molecule has 0 saturated heterocycles. The molecule has 102 valence electrons. The summed E-state index contributed by atoms with van der Waals surface area (Å²) in [6.45, 7) is 4.09. The highest BCUT2D eigenvalue weighted by atomic mass is 16.5. The lowest BCUT2D eigenvalue weighted by atomic mass is 10.2. The molecule has 0 aliphatic carbocycles. The maximum Gasteiger partial charge on any atom is 0.131 e. The van der Waals surface area contributed by atoms with Gasteiger partial charge in [0.05, 0.1) is 24.2 Å². The maximum absolute atomic E-state index is 11.2. The highest BCUT2D eigenvalue weighted by Gasteiger charge is 2.14. The zero-order valence-electron chi connectivity index (χ0n) is 11.5. The van der Waals surface area contributed by atoms with E-state index in [4.69, 9.17) is 10.5 Å². The molecule has 0 fully saturated rings. The number of methoxy groups -OCH3 is 1. The number of aryl methyl sites for hydroxylation is 1. The van der Waals surface area contributed by atoms with Crippen LogP contribution in [0, 0.1) is 0 Å². The van der Waals surface area contributed by atoms with Gasteiger partial charge in [0.25, 0.3) is 0 Å². The fraction of sp³-hybridized carbons (Fsp3) is 0.429. The van der Waals surface area contributed by atoms with Crippen molar-refractivity contribution in [1.82, 2.24) is 9.55 Å². The number of hydrogen-bond acceptors (Lipinski definition) is 4. The second-order valence-electron chi connectivity index (χ2n) is 4.72. The molecule has 2 rings (SSSR count). The lowest BCUT2D eigenvalue weighted by molar-refractivity contribution is -0.117. The Labute approximate surface area is 112 Å². The molecule has 1 heterocycles. The third kappa shape index (κ3) is 2.76. The predicted molar refractivity (Wildman–Crippen MR) is 74.2 cm³/mol. The minimum absolute atomic E-state index is 0.158. The molecule has 2 N–H and O–H groups in total. The molecule has 19 heavy (non-hydrogen) atoms. The SMILES string of the molecule is COc1ccc2c(c1)nc(C(C)N)n2CCC(C)=O. The van der Waals surface area contributed by atoms with Crippen molar-refractivity contribution in [3.8, 4) is 5.75 Å². The minimum Gasteiger partial charge on any atom is -0.497 e. The molecule has 1 unspecified atom stereocenters. The van der Waals surface area contributed by atoms with Crippen LogP contribution < -0.4 is 10.5 Å². The van der Waals surface area contributed by atoms with Gasteiger partial charge >= 0.3 is 0 Å². The van der Waals surface area contributed by atoms with Crippen molar-refractivity contribution in [3.05, 3.63) is 24.0 Å². The number of nitrogens with zero attached hydrogens (tertiary/aromatic N) is 2. The van der Waals surface area contributed by atoms with Crippen LogP contribution in [0.2, 0.25) is 0 Å². The fourth-order valence-electron chi connectivity index (χ4n) is 2.11. The van der Waals surface area contributed by atoms with Gasteiger partial charge in [-0.1, -0.05) is 0 Å². The summed E-state index contributed by atoms with van der Waals surface area (Å²) in [5.74, 6) is 1.72. The lowest BCUT2D eigenvalue weighted by Gasteiger charge is -2.10. The van der Waals surface area contributed by atoms with E-state index in [0.29, 0.717) is 13.0 Å². The normalized spacial score (nSPS) is 12.6. The Balaban J connectivity index is 2.50. The van der Waals surface area contributed by atoms with E-state index in [2.05, 4.69) is 4.98 Å². The first-order chi connectivity index (χ1) is 9.02. The molecule has 2 aromatic rings. The topological polar surface area (TPSA) is 70.1 Å². The summed E-state index contributed by atoms with van der Waals surface area (Å²) in [5.41, 5.74) is 7.78. The van der Waals surface area contributed by atoms with Gasteiger partial charge in [-0.3, -0.25) is 4.79 Å². The first kappa shape index (κ1) is 13.5. The van der Waals surface area contributed by atoms with Gasteiger partial charge in [0.1, 0.15) is 17.4 Å². The first-order valence-corrected chi connectivity index (χ1v) is 6.32. The molecule has 0 radical (unpaired) electrons. The zero-order chi connectivity index (χ0) is 14.0. The van der Waals surface area contributed by atoms with E-state index in [9.17, 15) is 4.79 Å². The van der Waals surface area contributed by atoms with Crippen LogP contribution in [0.5, 0.6) is 5.75 Å². The summed E-state index contributed by atoms with van der Waals surface area (Å²) in [6, 6.07) is 5.54. The highest BCUT2D eigenvalue weighted by molar-refractivity contribution is 5.79. The van der Waals surface area contributed by atoms with Gasteiger partial charge in [0.15, 0.2) is 0 Å². The van der Waals surface area contributed by atoms with Crippen LogP contribution in [-0.2, 0) is 11.3 Å². The van der Waals surface area contributed by atoms with Crippen LogP contribution in [0.1, 0.15) is 32.1 Å². The number of Topliss-reactive ketones (excluding diaryl/α,β-unsaturated/α-hetero) is 1. The summed E-state index contributed by atoms with van der Waals surface area (Å²) < 4.78 is 7.21. The first-order valence-electron chi connectivity index (χ1n) is 6.32. The molecule has 0 aliphatic heterocycles. The molecule has 0 bridgehead atoms. The standard InChI is InChI=1S/C14H19N3O2/c1-9(18)6-7-17-13-5-4-11(19-3)8-12(13)16-14(17)10(2)15/h4-5,8,10H,6-7,15H2,1-3H3. The van der Waals surface area contributed by atoms with Crippen LogP contribution in [0.15, 0.2) is 18.2 Å². The van der Waals surface area contributed by atoms with Crippen molar-refractivity contribution in [2.24, 2.45) is 5.73 Å². The Morgan fingerprint density at radius 3 is 2.84 bits per heavy atom. The van der Waals surface area contributed by atoms with E-state index < -0.39 is 0 Å². The zero-order valence-corrected chi connectivity index (χ0v) is 11.5. The van der Waals surface area contributed by atoms with Gasteiger partial charge in [0.2, 0.25) is 0 Å². The van der Waals surface area contributed by atoms with Crippen molar-refractivity contribution in [2.45, 2.75) is 32.9 Å².